The molecule has 22 heavy (non-hydrogen) atoms. The minimum absolute atomic E-state index is 0.0789. The zero-order valence-electron chi connectivity index (χ0n) is 13.5. The van der Waals surface area contributed by atoms with Crippen LogP contribution in [0.2, 0.25) is 0 Å². The molecule has 0 unspecified atom stereocenters. The molecule has 1 fully saturated rings. The van der Waals surface area contributed by atoms with Crippen molar-refractivity contribution in [2.75, 3.05) is 19.7 Å². The summed E-state index contributed by atoms with van der Waals surface area (Å²) in [6, 6.07) is 0. The predicted molar refractivity (Wildman–Crippen MR) is 87.1 cm³/mol. The van der Waals surface area contributed by atoms with Gasteiger partial charge in [0, 0.05) is 19.5 Å². The Kier molecular flexibility index (Phi) is 4.02. The molecular weight excluding hydrogens is 298 g/mol. The number of rotatable bonds is 3. The first kappa shape index (κ1) is 15.5. The lowest BCUT2D eigenvalue weighted by atomic mass is 9.74. The highest BCUT2D eigenvalue weighted by Crippen LogP contribution is 2.45. The van der Waals surface area contributed by atoms with Crippen molar-refractivity contribution >= 4 is 23.0 Å². The van der Waals surface area contributed by atoms with E-state index in [1.54, 1.807) is 0 Å². The molecule has 0 N–H and O–H groups in total. The van der Waals surface area contributed by atoms with Crippen molar-refractivity contribution in [2.45, 2.75) is 46.5 Å². The lowest BCUT2D eigenvalue weighted by molar-refractivity contribution is 0.0795. The minimum Gasteiger partial charge on any atom is -0.484 e. The summed E-state index contributed by atoms with van der Waals surface area (Å²) >= 11 is 1.37. The number of likely N-dealkylation sites (tertiary alicyclic amines) is 1. The summed E-state index contributed by atoms with van der Waals surface area (Å²) < 4.78 is 5.66. The Hall–Kier alpha value is -1.36. The highest BCUT2D eigenvalue weighted by molar-refractivity contribution is 7.16. The molecule has 4 nitrogen and oxygen atoms in total. The molecule has 0 aromatic carbocycles. The maximum absolute atomic E-state index is 12.8. The SMILES string of the molecule is CCOc1sc(C(=O)N2CCCC2)c2c1C(=O)CC(C)(C)C2. The lowest BCUT2D eigenvalue weighted by Gasteiger charge is -2.29. The number of carbonyl (C=O) groups is 2. The molecule has 1 saturated heterocycles. The Labute approximate surface area is 135 Å². The fraction of sp³-hybridized carbons (Fsp3) is 0.647. The largest absolute Gasteiger partial charge is 0.484 e. The number of hydrogen-bond acceptors (Lipinski definition) is 4. The fourth-order valence-corrected chi connectivity index (χ4v) is 4.64. The molecule has 0 radical (unpaired) electrons. The van der Waals surface area contributed by atoms with Crippen molar-refractivity contribution in [3.63, 3.8) is 0 Å². The Morgan fingerprint density at radius 2 is 1.95 bits per heavy atom. The van der Waals surface area contributed by atoms with Crippen molar-refractivity contribution in [1.29, 1.82) is 0 Å². The van der Waals surface area contributed by atoms with E-state index in [0.29, 0.717) is 23.7 Å². The van der Waals surface area contributed by atoms with Crippen molar-refractivity contribution in [3.8, 4) is 5.06 Å². The average Bonchev–Trinajstić information content (AvgIpc) is 3.05. The molecule has 0 saturated carbocycles. The number of amides is 1. The number of ether oxygens (including phenoxy) is 1. The van der Waals surface area contributed by atoms with E-state index >= 15 is 0 Å². The lowest BCUT2D eigenvalue weighted by Crippen LogP contribution is -2.31. The fourth-order valence-electron chi connectivity index (χ4n) is 3.43. The van der Waals surface area contributed by atoms with Crippen LogP contribution in [0.15, 0.2) is 0 Å². The summed E-state index contributed by atoms with van der Waals surface area (Å²) in [7, 11) is 0. The van der Waals surface area contributed by atoms with Gasteiger partial charge in [-0.25, -0.2) is 0 Å². The van der Waals surface area contributed by atoms with Gasteiger partial charge in [0.05, 0.1) is 17.0 Å². The van der Waals surface area contributed by atoms with Gasteiger partial charge < -0.3 is 9.64 Å². The number of nitrogens with zero attached hydrogens (tertiary/aromatic N) is 1. The average molecular weight is 321 g/mol. The third kappa shape index (κ3) is 2.67. The number of Topliss-reactive ketones (excluding diaryl/α,β-unsaturated/α-hetero) is 1. The smallest absolute Gasteiger partial charge is 0.264 e. The summed E-state index contributed by atoms with van der Waals surface area (Å²) in [4.78, 5) is 28.0. The normalized spacial score (nSPS) is 20.1. The third-order valence-corrected chi connectivity index (χ3v) is 5.54. The number of ketones is 1. The van der Waals surface area contributed by atoms with Crippen molar-refractivity contribution in [1.82, 2.24) is 4.90 Å². The third-order valence-electron chi connectivity index (χ3n) is 4.41. The van der Waals surface area contributed by atoms with Crippen LogP contribution in [0, 0.1) is 5.41 Å². The molecule has 2 heterocycles. The minimum atomic E-state index is -0.0886. The van der Waals surface area contributed by atoms with Gasteiger partial charge in [0.25, 0.3) is 5.91 Å². The van der Waals surface area contributed by atoms with E-state index in [9.17, 15) is 9.59 Å². The van der Waals surface area contributed by atoms with Crippen LogP contribution in [0.1, 0.15) is 65.6 Å². The van der Waals surface area contributed by atoms with Crippen LogP contribution in [-0.2, 0) is 6.42 Å². The first-order valence-corrected chi connectivity index (χ1v) is 8.85. The van der Waals surface area contributed by atoms with E-state index in [0.717, 1.165) is 42.8 Å². The molecule has 2 aliphatic rings. The van der Waals surface area contributed by atoms with Gasteiger partial charge in [-0.3, -0.25) is 9.59 Å². The second-order valence-corrected chi connectivity index (χ2v) is 7.93. The van der Waals surface area contributed by atoms with Gasteiger partial charge in [-0.1, -0.05) is 25.2 Å². The molecule has 1 amide bonds. The maximum atomic E-state index is 12.8. The molecule has 1 aromatic rings. The van der Waals surface area contributed by atoms with Gasteiger partial charge in [-0.2, -0.15) is 0 Å². The number of carbonyl (C=O) groups excluding carboxylic acids is 2. The first-order valence-electron chi connectivity index (χ1n) is 8.04. The topological polar surface area (TPSA) is 46.6 Å². The monoisotopic (exact) mass is 321 g/mol. The summed E-state index contributed by atoms with van der Waals surface area (Å²) in [5, 5.41) is 0.639. The highest BCUT2D eigenvalue weighted by Gasteiger charge is 2.39. The highest BCUT2D eigenvalue weighted by atomic mass is 32.1. The van der Waals surface area contributed by atoms with Gasteiger partial charge in [-0.05, 0) is 37.2 Å². The molecule has 120 valence electrons. The summed E-state index contributed by atoms with van der Waals surface area (Å²) in [6.45, 7) is 8.26. The maximum Gasteiger partial charge on any atom is 0.264 e. The zero-order chi connectivity index (χ0) is 15.9. The van der Waals surface area contributed by atoms with Crippen LogP contribution in [0.5, 0.6) is 5.06 Å². The Bertz CT molecular complexity index is 612. The second kappa shape index (κ2) is 5.69. The van der Waals surface area contributed by atoms with Crippen LogP contribution >= 0.6 is 11.3 Å². The van der Waals surface area contributed by atoms with Crippen molar-refractivity contribution < 1.29 is 14.3 Å². The van der Waals surface area contributed by atoms with Gasteiger partial charge in [0.1, 0.15) is 0 Å². The molecule has 1 aliphatic heterocycles. The zero-order valence-corrected chi connectivity index (χ0v) is 14.3. The van der Waals surface area contributed by atoms with Crippen LogP contribution in [0.3, 0.4) is 0 Å². The van der Waals surface area contributed by atoms with Gasteiger partial charge >= 0.3 is 0 Å². The van der Waals surface area contributed by atoms with Crippen molar-refractivity contribution in [2.24, 2.45) is 5.41 Å². The molecule has 1 aromatic heterocycles. The Morgan fingerprint density at radius 1 is 1.27 bits per heavy atom. The van der Waals surface area contributed by atoms with E-state index in [-0.39, 0.29) is 17.1 Å². The molecule has 0 atom stereocenters. The van der Waals surface area contributed by atoms with E-state index in [2.05, 4.69) is 13.8 Å². The van der Waals surface area contributed by atoms with Gasteiger partial charge in [-0.15, -0.1) is 0 Å². The van der Waals surface area contributed by atoms with E-state index < -0.39 is 0 Å². The molecule has 1 aliphatic carbocycles. The van der Waals surface area contributed by atoms with Crippen molar-refractivity contribution in [3.05, 3.63) is 16.0 Å². The van der Waals surface area contributed by atoms with Crippen LogP contribution in [0.4, 0.5) is 0 Å². The van der Waals surface area contributed by atoms with E-state index in [4.69, 9.17) is 4.74 Å². The molecule has 0 spiro atoms. The van der Waals surface area contributed by atoms with Crippen LogP contribution < -0.4 is 4.74 Å². The van der Waals surface area contributed by atoms with Gasteiger partial charge in [0.15, 0.2) is 10.8 Å². The van der Waals surface area contributed by atoms with Gasteiger partial charge in [0.2, 0.25) is 0 Å². The summed E-state index contributed by atoms with van der Waals surface area (Å²) in [5.74, 6) is 0.196. The Morgan fingerprint density at radius 3 is 2.59 bits per heavy atom. The summed E-state index contributed by atoms with van der Waals surface area (Å²) in [6.07, 6.45) is 3.44. The van der Waals surface area contributed by atoms with E-state index in [1.807, 2.05) is 11.8 Å². The van der Waals surface area contributed by atoms with Crippen LogP contribution in [0.25, 0.3) is 0 Å². The molecule has 5 heteroatoms. The number of hydrogen-bond donors (Lipinski definition) is 0. The number of fused-ring (bicyclic) bond motifs is 1. The summed E-state index contributed by atoms with van der Waals surface area (Å²) in [5.41, 5.74) is 1.51. The Balaban J connectivity index is 2.05. The predicted octanol–water partition coefficient (Wildman–Crippen LogP) is 3.54. The molecular formula is C17H23NO3S. The molecule has 0 bridgehead atoms. The van der Waals surface area contributed by atoms with Crippen LogP contribution in [-0.4, -0.2) is 36.3 Å². The second-order valence-electron chi connectivity index (χ2n) is 6.95. The quantitative estimate of drug-likeness (QED) is 0.855. The molecule has 3 rings (SSSR count). The number of thiophene rings is 1. The standard InChI is InChI=1S/C17H23NO3S/c1-4-21-16-13-11(9-17(2,3)10-12(13)19)14(22-16)15(20)18-7-5-6-8-18/h4-10H2,1-3H3. The first-order chi connectivity index (χ1) is 10.4. The van der Waals surface area contributed by atoms with E-state index in [1.165, 1.54) is 11.3 Å².